The molecule has 0 radical (unpaired) electrons. The molecule has 0 amide bonds. The average Bonchev–Trinajstić information content (AvgIpc) is 3.18. The Kier molecular flexibility index (Phi) is 7.76. The zero-order valence-electron chi connectivity index (χ0n) is 19.7. The molecule has 178 valence electrons. The molecule has 1 saturated heterocycles. The molecule has 0 bridgehead atoms. The molecule has 5 nitrogen and oxygen atoms in total. The number of hydrogen-bond acceptors (Lipinski definition) is 3. The quantitative estimate of drug-likeness (QED) is 0.360. The van der Waals surface area contributed by atoms with Crippen molar-refractivity contribution in [3.63, 3.8) is 0 Å². The van der Waals surface area contributed by atoms with E-state index in [1.165, 1.54) is 16.9 Å². The minimum absolute atomic E-state index is 0. The van der Waals surface area contributed by atoms with E-state index in [1.54, 1.807) is 0 Å². The molecule has 0 unspecified atom stereocenters. The summed E-state index contributed by atoms with van der Waals surface area (Å²) in [5.74, 6) is 0. The van der Waals surface area contributed by atoms with E-state index in [0.717, 1.165) is 56.5 Å². The van der Waals surface area contributed by atoms with Crippen molar-refractivity contribution < 1.29 is 0 Å². The number of anilines is 2. The molecule has 1 aliphatic heterocycles. The predicted octanol–water partition coefficient (Wildman–Crippen LogP) is 5.93. The molecule has 2 heterocycles. The molecule has 4 aromatic rings. The molecular formula is C28H33ClN4O. The number of benzene rings is 3. The number of fused-ring (bicyclic) bond motifs is 1. The van der Waals surface area contributed by atoms with Gasteiger partial charge in [-0.05, 0) is 74.7 Å². The van der Waals surface area contributed by atoms with Gasteiger partial charge in [0.2, 0.25) is 0 Å². The van der Waals surface area contributed by atoms with Crippen LogP contribution in [0.4, 0.5) is 11.4 Å². The lowest BCUT2D eigenvalue weighted by Gasteiger charge is -2.33. The molecule has 3 aromatic carbocycles. The fraction of sp³-hybridized carbons (Fsp3) is 0.321. The third-order valence-electron chi connectivity index (χ3n) is 6.78. The van der Waals surface area contributed by atoms with Gasteiger partial charge in [-0.15, -0.1) is 12.4 Å². The van der Waals surface area contributed by atoms with Crippen LogP contribution in [0.15, 0.2) is 83.7 Å². The summed E-state index contributed by atoms with van der Waals surface area (Å²) in [6.45, 7) is 6.27. The van der Waals surface area contributed by atoms with E-state index >= 15 is 0 Å². The highest BCUT2D eigenvalue weighted by Gasteiger charge is 2.23. The molecule has 0 atom stereocenters. The van der Waals surface area contributed by atoms with Crippen LogP contribution in [0.25, 0.3) is 11.0 Å². The normalized spacial score (nSPS) is 14.7. The number of aromatic nitrogens is 2. The fourth-order valence-electron chi connectivity index (χ4n) is 5.10. The number of aromatic amines is 1. The highest BCUT2D eigenvalue weighted by Crippen LogP contribution is 2.27. The van der Waals surface area contributed by atoms with E-state index in [9.17, 15) is 4.79 Å². The third kappa shape index (κ3) is 5.21. The largest absolute Gasteiger partial charge is 0.341 e. The second-order valence-electron chi connectivity index (χ2n) is 9.07. The summed E-state index contributed by atoms with van der Waals surface area (Å²) in [7, 11) is 0. The van der Waals surface area contributed by atoms with Crippen molar-refractivity contribution in [3.8, 4) is 0 Å². The molecule has 1 fully saturated rings. The van der Waals surface area contributed by atoms with Gasteiger partial charge in [0.1, 0.15) is 0 Å². The van der Waals surface area contributed by atoms with Crippen LogP contribution in [0, 0.1) is 6.92 Å². The van der Waals surface area contributed by atoms with Crippen molar-refractivity contribution >= 4 is 34.8 Å². The summed E-state index contributed by atoms with van der Waals surface area (Å²) < 4.78 is 1.97. The lowest BCUT2D eigenvalue weighted by molar-refractivity contribution is 0.186. The second kappa shape index (κ2) is 10.9. The molecule has 1 N–H and O–H groups in total. The Morgan fingerprint density at radius 3 is 2.38 bits per heavy atom. The molecule has 5 rings (SSSR count). The van der Waals surface area contributed by atoms with E-state index in [2.05, 4.69) is 76.3 Å². The first-order chi connectivity index (χ1) is 16.2. The molecule has 0 saturated carbocycles. The maximum atomic E-state index is 12.5. The summed E-state index contributed by atoms with van der Waals surface area (Å²) in [6, 6.07) is 27.7. The zero-order valence-corrected chi connectivity index (χ0v) is 20.5. The Morgan fingerprint density at radius 1 is 0.912 bits per heavy atom. The maximum Gasteiger partial charge on any atom is 0.326 e. The van der Waals surface area contributed by atoms with Crippen LogP contribution in [-0.4, -0.2) is 40.6 Å². The molecule has 1 aliphatic rings. The van der Waals surface area contributed by atoms with E-state index in [0.29, 0.717) is 0 Å². The van der Waals surface area contributed by atoms with Gasteiger partial charge in [-0.25, -0.2) is 4.79 Å². The van der Waals surface area contributed by atoms with Gasteiger partial charge in [-0.3, -0.25) is 4.57 Å². The van der Waals surface area contributed by atoms with Crippen LogP contribution in [0.5, 0.6) is 0 Å². The molecule has 0 aliphatic carbocycles. The van der Waals surface area contributed by atoms with Crippen LogP contribution in [-0.2, 0) is 0 Å². The van der Waals surface area contributed by atoms with Gasteiger partial charge < -0.3 is 14.8 Å². The number of hydrogen-bond donors (Lipinski definition) is 1. The van der Waals surface area contributed by atoms with Crippen molar-refractivity contribution in [1.82, 2.24) is 14.5 Å². The first-order valence-electron chi connectivity index (χ1n) is 12.0. The van der Waals surface area contributed by atoms with Gasteiger partial charge >= 0.3 is 5.69 Å². The SMILES string of the molecule is Cc1cccc(N(CCCN2CCC(n3c(=O)[nH]c4ccccc43)CC2)c2ccccc2)c1.Cl. The highest BCUT2D eigenvalue weighted by atomic mass is 35.5. The lowest BCUT2D eigenvalue weighted by atomic mass is 10.0. The number of nitrogens with zero attached hydrogens (tertiary/aromatic N) is 3. The van der Waals surface area contributed by atoms with Crippen LogP contribution in [0.1, 0.15) is 30.9 Å². The number of aryl methyl sites for hydroxylation is 1. The first kappa shape index (κ1) is 24.1. The van der Waals surface area contributed by atoms with E-state index < -0.39 is 0 Å². The van der Waals surface area contributed by atoms with Gasteiger partial charge in [0.05, 0.1) is 11.0 Å². The first-order valence-corrected chi connectivity index (χ1v) is 12.0. The van der Waals surface area contributed by atoms with Crippen molar-refractivity contribution in [1.29, 1.82) is 0 Å². The maximum absolute atomic E-state index is 12.5. The van der Waals surface area contributed by atoms with E-state index in [4.69, 9.17) is 0 Å². The topological polar surface area (TPSA) is 44.3 Å². The third-order valence-corrected chi connectivity index (χ3v) is 6.78. The Labute approximate surface area is 207 Å². The zero-order chi connectivity index (χ0) is 22.6. The van der Waals surface area contributed by atoms with Gasteiger partial charge in [0.25, 0.3) is 0 Å². The number of H-pyrrole nitrogens is 1. The number of para-hydroxylation sites is 3. The second-order valence-corrected chi connectivity index (χ2v) is 9.07. The monoisotopic (exact) mass is 476 g/mol. The minimum Gasteiger partial charge on any atom is -0.341 e. The minimum atomic E-state index is 0. The van der Waals surface area contributed by atoms with Gasteiger partial charge in [0, 0.05) is 37.1 Å². The molecule has 0 spiro atoms. The Balaban J connectivity index is 0.00000274. The van der Waals surface area contributed by atoms with Crippen LogP contribution in [0.2, 0.25) is 0 Å². The molecule has 34 heavy (non-hydrogen) atoms. The summed E-state index contributed by atoms with van der Waals surface area (Å²) in [6.07, 6.45) is 3.13. The Morgan fingerprint density at radius 2 is 1.62 bits per heavy atom. The fourth-order valence-corrected chi connectivity index (χ4v) is 5.10. The molecular weight excluding hydrogens is 444 g/mol. The number of imidazole rings is 1. The summed E-state index contributed by atoms with van der Waals surface area (Å²) in [4.78, 5) is 20.5. The smallest absolute Gasteiger partial charge is 0.326 e. The van der Waals surface area contributed by atoms with E-state index in [-0.39, 0.29) is 24.1 Å². The van der Waals surface area contributed by atoms with Gasteiger partial charge in [-0.2, -0.15) is 0 Å². The standard InChI is InChI=1S/C28H32N4O.ClH/c1-22-9-7-12-25(21-22)31(23-10-3-2-4-11-23)18-8-17-30-19-15-24(16-20-30)32-27-14-6-5-13-26(27)29-28(32)33;/h2-7,9-14,21,24H,8,15-20H2,1H3,(H,29,33);1H. The summed E-state index contributed by atoms with van der Waals surface area (Å²) >= 11 is 0. The number of piperidine rings is 1. The number of rotatable bonds is 7. The summed E-state index contributed by atoms with van der Waals surface area (Å²) in [5, 5.41) is 0. The number of halogens is 1. The Hall–Kier alpha value is -3.02. The van der Waals surface area contributed by atoms with Crippen LogP contribution in [0.3, 0.4) is 0 Å². The Bertz CT molecular complexity index is 1260. The average molecular weight is 477 g/mol. The van der Waals surface area contributed by atoms with Crippen molar-refractivity contribution in [3.05, 3.63) is 94.9 Å². The van der Waals surface area contributed by atoms with E-state index in [1.807, 2.05) is 28.8 Å². The van der Waals surface area contributed by atoms with Crippen molar-refractivity contribution in [2.24, 2.45) is 0 Å². The molecule has 6 heteroatoms. The predicted molar refractivity (Wildman–Crippen MR) is 144 cm³/mol. The van der Waals surface area contributed by atoms with Crippen molar-refractivity contribution in [2.45, 2.75) is 32.2 Å². The van der Waals surface area contributed by atoms with Crippen molar-refractivity contribution in [2.75, 3.05) is 31.1 Å². The molecule has 1 aromatic heterocycles. The van der Waals surface area contributed by atoms with Crippen LogP contribution >= 0.6 is 12.4 Å². The summed E-state index contributed by atoms with van der Waals surface area (Å²) in [5.41, 5.74) is 5.74. The number of likely N-dealkylation sites (tertiary alicyclic amines) is 1. The van der Waals surface area contributed by atoms with Crippen LogP contribution < -0.4 is 10.6 Å². The van der Waals surface area contributed by atoms with Gasteiger partial charge in [0.15, 0.2) is 0 Å². The van der Waals surface area contributed by atoms with Gasteiger partial charge in [-0.1, -0.05) is 42.5 Å². The lowest BCUT2D eigenvalue weighted by Crippen LogP contribution is -2.38. The highest BCUT2D eigenvalue weighted by molar-refractivity contribution is 5.85. The number of nitrogens with one attached hydrogen (secondary N) is 1.